The van der Waals surface area contributed by atoms with E-state index in [1.54, 1.807) is 44.5 Å². The highest BCUT2D eigenvalue weighted by molar-refractivity contribution is 5.97. The molecule has 0 unspecified atom stereocenters. The number of piperidine rings is 1. The molecule has 196 valence electrons. The second-order valence-electron chi connectivity index (χ2n) is 10.0. The number of allylic oxidation sites excluding steroid dienone is 1. The second kappa shape index (κ2) is 10.1. The van der Waals surface area contributed by atoms with Crippen LogP contribution in [0.4, 0.5) is 5.82 Å². The van der Waals surface area contributed by atoms with E-state index in [0.717, 1.165) is 31.4 Å². The molecule has 4 aromatic rings. The number of pyridine rings is 1. The summed E-state index contributed by atoms with van der Waals surface area (Å²) in [5.41, 5.74) is 8.06. The molecule has 9 heteroatoms. The molecule has 1 atom stereocenters. The number of likely N-dealkylation sites (tertiary alicyclic amines) is 1. The van der Waals surface area contributed by atoms with Gasteiger partial charge in [0.25, 0.3) is 5.91 Å². The molecule has 1 amide bonds. The molecule has 3 heterocycles. The molecule has 6 rings (SSSR count). The van der Waals surface area contributed by atoms with Crippen molar-refractivity contribution in [3.8, 4) is 23.3 Å². The van der Waals surface area contributed by atoms with Crippen molar-refractivity contribution >= 4 is 22.8 Å². The number of ether oxygens (including phenoxy) is 1. The Morgan fingerprint density at radius 3 is 2.51 bits per heavy atom. The molecule has 0 bridgehead atoms. The van der Waals surface area contributed by atoms with E-state index < -0.39 is 0 Å². The quantitative estimate of drug-likeness (QED) is 0.293. The Balaban J connectivity index is 1.34. The van der Waals surface area contributed by atoms with Crippen molar-refractivity contribution in [2.24, 2.45) is 5.92 Å². The zero-order valence-electron chi connectivity index (χ0n) is 21.4. The molecular formula is C30H28N6O3. The lowest BCUT2D eigenvalue weighted by molar-refractivity contribution is -0.128. The Morgan fingerprint density at radius 1 is 1.05 bits per heavy atom. The largest absolute Gasteiger partial charge is 0.457 e. The molecule has 1 saturated carbocycles. The third kappa shape index (κ3) is 4.77. The number of amides is 1. The van der Waals surface area contributed by atoms with Crippen LogP contribution in [0.15, 0.2) is 83.3 Å². The molecule has 39 heavy (non-hydrogen) atoms. The fraction of sp³-hybridized carbons (Fsp3) is 0.267. The van der Waals surface area contributed by atoms with Gasteiger partial charge in [-0.2, -0.15) is 5.26 Å². The number of carbonyl (C=O) groups excluding carboxylic acids is 1. The number of fused-ring (bicyclic) bond motifs is 1. The summed E-state index contributed by atoms with van der Waals surface area (Å²) >= 11 is 0. The van der Waals surface area contributed by atoms with Crippen LogP contribution in [0.2, 0.25) is 0 Å². The average Bonchev–Trinajstić information content (AvgIpc) is 3.73. The number of nitrogens with zero attached hydrogens (tertiary/aromatic N) is 5. The number of nitriles is 1. The second-order valence-corrected chi connectivity index (χ2v) is 10.0. The summed E-state index contributed by atoms with van der Waals surface area (Å²) in [4.78, 5) is 33.1. The molecule has 2 fully saturated rings. The zero-order chi connectivity index (χ0) is 26.9. The van der Waals surface area contributed by atoms with Gasteiger partial charge in [0.05, 0.1) is 17.2 Å². The van der Waals surface area contributed by atoms with Crippen molar-refractivity contribution in [3.05, 3.63) is 89.0 Å². The number of nitrogen functional groups attached to an aromatic ring is 1. The van der Waals surface area contributed by atoms with Crippen molar-refractivity contribution in [2.45, 2.75) is 31.7 Å². The smallest absolute Gasteiger partial charge is 0.334 e. The van der Waals surface area contributed by atoms with E-state index in [1.807, 2.05) is 42.5 Å². The SMILES string of the molecule is N#C/C(=C\C1CC1)C(=O)N1CCC[C@@H](n2c(=O)n(-c3ccc(Oc4ccccc4)cc3)c3c(N)nccc32)C1. The summed E-state index contributed by atoms with van der Waals surface area (Å²) in [6, 6.07) is 20.3. The lowest BCUT2D eigenvalue weighted by Crippen LogP contribution is -2.43. The van der Waals surface area contributed by atoms with E-state index >= 15 is 0 Å². The first-order chi connectivity index (χ1) is 19.0. The van der Waals surface area contributed by atoms with Gasteiger partial charge in [0.2, 0.25) is 0 Å². The highest BCUT2D eigenvalue weighted by Crippen LogP contribution is 2.33. The fourth-order valence-electron chi connectivity index (χ4n) is 5.24. The third-order valence-electron chi connectivity index (χ3n) is 7.31. The maximum atomic E-state index is 14.0. The molecule has 0 spiro atoms. The van der Waals surface area contributed by atoms with E-state index in [-0.39, 0.29) is 29.0 Å². The molecule has 2 aliphatic rings. The molecule has 2 aromatic carbocycles. The fourth-order valence-corrected chi connectivity index (χ4v) is 5.24. The number of hydrogen-bond acceptors (Lipinski definition) is 6. The van der Waals surface area contributed by atoms with Crippen LogP contribution in [0.1, 0.15) is 31.7 Å². The average molecular weight is 521 g/mol. The predicted octanol–water partition coefficient (Wildman–Crippen LogP) is 4.59. The van der Waals surface area contributed by atoms with Gasteiger partial charge in [-0.1, -0.05) is 24.3 Å². The van der Waals surface area contributed by atoms with Gasteiger partial charge in [-0.3, -0.25) is 13.9 Å². The minimum absolute atomic E-state index is 0.194. The van der Waals surface area contributed by atoms with Gasteiger partial charge < -0.3 is 15.4 Å². The minimum atomic E-state index is -0.263. The predicted molar refractivity (Wildman–Crippen MR) is 148 cm³/mol. The topological polar surface area (TPSA) is 119 Å². The summed E-state index contributed by atoms with van der Waals surface area (Å²) in [5.74, 6) is 1.67. The van der Waals surface area contributed by atoms with Gasteiger partial charge in [0.15, 0.2) is 0 Å². The first-order valence-corrected chi connectivity index (χ1v) is 13.2. The monoisotopic (exact) mass is 520 g/mol. The van der Waals surface area contributed by atoms with Crippen molar-refractivity contribution in [1.82, 2.24) is 19.0 Å². The highest BCUT2D eigenvalue weighted by atomic mass is 16.5. The van der Waals surface area contributed by atoms with Gasteiger partial charge in [0.1, 0.15) is 34.5 Å². The first kappa shape index (κ1) is 24.5. The van der Waals surface area contributed by atoms with Crippen LogP contribution in [-0.2, 0) is 4.79 Å². The standard InChI is InChI=1S/C30H28N6O3/c31-18-21(17-20-8-9-20)29(37)34-16-4-5-23(19-34)35-26-14-15-33-28(32)27(26)36(30(35)38)22-10-12-25(13-11-22)39-24-6-2-1-3-7-24/h1-3,6-7,10-15,17,20,23H,4-5,8-9,16,19H2,(H2,32,33)/b21-17+/t23-/m1/s1. The van der Waals surface area contributed by atoms with E-state index in [2.05, 4.69) is 11.1 Å². The molecular weight excluding hydrogens is 492 g/mol. The zero-order valence-corrected chi connectivity index (χ0v) is 21.4. The van der Waals surface area contributed by atoms with Crippen molar-refractivity contribution < 1.29 is 9.53 Å². The van der Waals surface area contributed by atoms with Crippen LogP contribution >= 0.6 is 0 Å². The number of imidazole rings is 1. The Labute approximate surface area is 225 Å². The number of anilines is 1. The Morgan fingerprint density at radius 2 is 1.79 bits per heavy atom. The molecule has 2 aromatic heterocycles. The molecule has 1 saturated heterocycles. The van der Waals surface area contributed by atoms with E-state index in [1.165, 1.54) is 0 Å². The molecule has 1 aliphatic heterocycles. The van der Waals surface area contributed by atoms with Crippen LogP contribution in [0.25, 0.3) is 16.7 Å². The molecule has 9 nitrogen and oxygen atoms in total. The Kier molecular flexibility index (Phi) is 6.37. The summed E-state index contributed by atoms with van der Waals surface area (Å²) in [7, 11) is 0. The number of hydrogen-bond donors (Lipinski definition) is 1. The number of aromatic nitrogens is 3. The van der Waals surface area contributed by atoms with Crippen LogP contribution < -0.4 is 16.2 Å². The van der Waals surface area contributed by atoms with Gasteiger partial charge in [-0.15, -0.1) is 0 Å². The van der Waals surface area contributed by atoms with Crippen LogP contribution in [-0.4, -0.2) is 38.0 Å². The van der Waals surface area contributed by atoms with Crippen molar-refractivity contribution in [2.75, 3.05) is 18.8 Å². The summed E-state index contributed by atoms with van der Waals surface area (Å²) in [6.45, 7) is 0.895. The van der Waals surface area contributed by atoms with Crippen molar-refractivity contribution in [1.29, 1.82) is 5.26 Å². The molecule has 0 radical (unpaired) electrons. The normalized spacial score (nSPS) is 17.7. The minimum Gasteiger partial charge on any atom is -0.457 e. The van der Waals surface area contributed by atoms with E-state index in [4.69, 9.17) is 10.5 Å². The number of nitrogens with two attached hydrogens (primary N) is 1. The Hall–Kier alpha value is -4.84. The first-order valence-electron chi connectivity index (χ1n) is 13.2. The molecule has 1 aliphatic carbocycles. The highest BCUT2D eigenvalue weighted by Gasteiger charge is 2.31. The number of carbonyl (C=O) groups is 1. The van der Waals surface area contributed by atoms with Gasteiger partial charge >= 0.3 is 5.69 Å². The number of benzene rings is 2. The van der Waals surface area contributed by atoms with Crippen LogP contribution in [0.3, 0.4) is 0 Å². The van der Waals surface area contributed by atoms with Gasteiger partial charge in [-0.05, 0) is 74.1 Å². The maximum Gasteiger partial charge on any atom is 0.334 e. The maximum absolute atomic E-state index is 14.0. The summed E-state index contributed by atoms with van der Waals surface area (Å²) in [5, 5.41) is 9.58. The summed E-state index contributed by atoms with van der Waals surface area (Å²) in [6.07, 6.45) is 6.87. The van der Waals surface area contributed by atoms with Crippen LogP contribution in [0.5, 0.6) is 11.5 Å². The van der Waals surface area contributed by atoms with Gasteiger partial charge in [-0.25, -0.2) is 9.78 Å². The van der Waals surface area contributed by atoms with E-state index in [9.17, 15) is 14.9 Å². The van der Waals surface area contributed by atoms with Gasteiger partial charge in [0, 0.05) is 19.3 Å². The lowest BCUT2D eigenvalue weighted by atomic mass is 10.0. The Bertz CT molecular complexity index is 1660. The number of rotatable bonds is 6. The third-order valence-corrected chi connectivity index (χ3v) is 7.31. The lowest BCUT2D eigenvalue weighted by Gasteiger charge is -2.33. The summed E-state index contributed by atoms with van der Waals surface area (Å²) < 4.78 is 9.20. The number of para-hydroxylation sites is 1. The molecule has 2 N–H and O–H groups in total. The van der Waals surface area contributed by atoms with Crippen molar-refractivity contribution in [3.63, 3.8) is 0 Å². The van der Waals surface area contributed by atoms with E-state index in [0.29, 0.717) is 41.5 Å². The van der Waals surface area contributed by atoms with Crippen LogP contribution in [0, 0.1) is 17.2 Å².